The molecule has 1 N–H and O–H groups in total. The lowest BCUT2D eigenvalue weighted by Gasteiger charge is -2.23. The van der Waals surface area contributed by atoms with E-state index in [4.69, 9.17) is 11.6 Å². The fourth-order valence-corrected chi connectivity index (χ4v) is 2.59. The molecule has 2 saturated carbocycles. The van der Waals surface area contributed by atoms with Crippen LogP contribution in [0.1, 0.15) is 31.2 Å². The van der Waals surface area contributed by atoms with Crippen LogP contribution < -0.4 is 10.2 Å². The Kier molecular flexibility index (Phi) is 3.49. The molecule has 18 heavy (non-hydrogen) atoms. The van der Waals surface area contributed by atoms with Gasteiger partial charge in [-0.25, -0.2) is 0 Å². The average molecular weight is 265 g/mol. The summed E-state index contributed by atoms with van der Waals surface area (Å²) in [5.74, 6) is 0.912. The number of rotatable bonds is 6. The Bertz CT molecular complexity index is 425. The van der Waals surface area contributed by atoms with Crippen LogP contribution in [0.2, 0.25) is 5.02 Å². The van der Waals surface area contributed by atoms with Gasteiger partial charge in [0.15, 0.2) is 0 Å². The Balaban J connectivity index is 1.72. The highest BCUT2D eigenvalue weighted by atomic mass is 35.5. The first-order valence-electron chi connectivity index (χ1n) is 6.95. The van der Waals surface area contributed by atoms with E-state index in [0.717, 1.165) is 23.5 Å². The van der Waals surface area contributed by atoms with Gasteiger partial charge in [0.2, 0.25) is 0 Å². The molecule has 0 heterocycles. The predicted octanol–water partition coefficient (Wildman–Crippen LogP) is 3.44. The summed E-state index contributed by atoms with van der Waals surface area (Å²) < 4.78 is 0. The summed E-state index contributed by atoms with van der Waals surface area (Å²) in [6.07, 6.45) is 5.45. The highest BCUT2D eigenvalue weighted by molar-refractivity contribution is 6.30. The van der Waals surface area contributed by atoms with Crippen molar-refractivity contribution in [2.75, 3.05) is 18.5 Å². The van der Waals surface area contributed by atoms with E-state index in [2.05, 4.69) is 29.4 Å². The molecule has 0 spiro atoms. The van der Waals surface area contributed by atoms with Gasteiger partial charge in [0.25, 0.3) is 0 Å². The quantitative estimate of drug-likeness (QED) is 0.847. The third kappa shape index (κ3) is 3.18. The maximum Gasteiger partial charge on any atom is 0.0410 e. The number of hydrogen-bond donors (Lipinski definition) is 1. The third-order valence-corrected chi connectivity index (χ3v) is 4.08. The SMILES string of the molecule is CN(CC1CC1)c1ccc(Cl)cc1CNC1CC1. The van der Waals surface area contributed by atoms with Gasteiger partial charge in [0.1, 0.15) is 0 Å². The molecule has 0 unspecified atom stereocenters. The number of nitrogens with zero attached hydrogens (tertiary/aromatic N) is 1. The summed E-state index contributed by atoms with van der Waals surface area (Å²) >= 11 is 6.12. The molecular weight excluding hydrogens is 244 g/mol. The van der Waals surface area contributed by atoms with Crippen molar-refractivity contribution >= 4 is 17.3 Å². The first kappa shape index (κ1) is 12.3. The zero-order valence-corrected chi connectivity index (χ0v) is 11.7. The molecule has 1 aromatic carbocycles. The van der Waals surface area contributed by atoms with Crippen molar-refractivity contribution < 1.29 is 0 Å². The zero-order chi connectivity index (χ0) is 12.5. The summed E-state index contributed by atoms with van der Waals surface area (Å²) in [4.78, 5) is 2.39. The van der Waals surface area contributed by atoms with Gasteiger partial charge in [-0.15, -0.1) is 0 Å². The number of benzene rings is 1. The van der Waals surface area contributed by atoms with Crippen molar-refractivity contribution in [3.63, 3.8) is 0 Å². The number of anilines is 1. The highest BCUT2D eigenvalue weighted by Gasteiger charge is 2.24. The van der Waals surface area contributed by atoms with Gasteiger partial charge >= 0.3 is 0 Å². The largest absolute Gasteiger partial charge is 0.374 e. The van der Waals surface area contributed by atoms with Crippen molar-refractivity contribution in [1.82, 2.24) is 5.32 Å². The molecule has 98 valence electrons. The Morgan fingerprint density at radius 3 is 2.72 bits per heavy atom. The topological polar surface area (TPSA) is 15.3 Å². The van der Waals surface area contributed by atoms with Crippen molar-refractivity contribution in [3.05, 3.63) is 28.8 Å². The maximum atomic E-state index is 6.12. The van der Waals surface area contributed by atoms with Gasteiger partial charge in [-0.05, 0) is 55.4 Å². The molecule has 0 aliphatic heterocycles. The minimum absolute atomic E-state index is 0.741. The summed E-state index contributed by atoms with van der Waals surface area (Å²) in [5, 5.41) is 4.42. The van der Waals surface area contributed by atoms with Crippen LogP contribution in [0, 0.1) is 5.92 Å². The second kappa shape index (κ2) is 5.10. The molecule has 0 saturated heterocycles. The summed E-state index contributed by atoms with van der Waals surface area (Å²) in [6, 6.07) is 7.01. The molecule has 3 rings (SSSR count). The number of hydrogen-bond acceptors (Lipinski definition) is 2. The molecule has 2 fully saturated rings. The minimum Gasteiger partial charge on any atom is -0.374 e. The fourth-order valence-electron chi connectivity index (χ4n) is 2.40. The molecule has 2 aliphatic carbocycles. The van der Waals surface area contributed by atoms with Crippen LogP contribution in [0.15, 0.2) is 18.2 Å². The van der Waals surface area contributed by atoms with Crippen LogP contribution >= 0.6 is 11.6 Å². The van der Waals surface area contributed by atoms with Gasteiger partial charge in [-0.2, -0.15) is 0 Å². The standard InChI is InChI=1S/C15H21ClN2/c1-18(10-11-2-3-11)15-7-4-13(16)8-12(15)9-17-14-5-6-14/h4,7-8,11,14,17H,2-3,5-6,9-10H2,1H3. The molecule has 0 aromatic heterocycles. The highest BCUT2D eigenvalue weighted by Crippen LogP contribution is 2.32. The molecule has 0 bridgehead atoms. The Morgan fingerprint density at radius 1 is 1.28 bits per heavy atom. The van der Waals surface area contributed by atoms with Crippen molar-refractivity contribution in [2.45, 2.75) is 38.3 Å². The van der Waals surface area contributed by atoms with Gasteiger partial charge < -0.3 is 10.2 Å². The fraction of sp³-hybridized carbons (Fsp3) is 0.600. The summed E-state index contributed by atoms with van der Waals surface area (Å²) in [7, 11) is 2.20. The van der Waals surface area contributed by atoms with Crippen molar-refractivity contribution in [3.8, 4) is 0 Å². The van der Waals surface area contributed by atoms with E-state index in [1.165, 1.54) is 43.5 Å². The molecule has 3 heteroatoms. The first-order valence-corrected chi connectivity index (χ1v) is 7.33. The number of nitrogens with one attached hydrogen (secondary N) is 1. The van der Waals surface area contributed by atoms with Gasteiger partial charge in [0.05, 0.1) is 0 Å². The zero-order valence-electron chi connectivity index (χ0n) is 11.0. The smallest absolute Gasteiger partial charge is 0.0410 e. The lowest BCUT2D eigenvalue weighted by Crippen LogP contribution is -2.23. The predicted molar refractivity (Wildman–Crippen MR) is 77.3 cm³/mol. The second-order valence-corrected chi connectivity index (χ2v) is 6.19. The Morgan fingerprint density at radius 2 is 2.06 bits per heavy atom. The summed E-state index contributed by atoms with van der Waals surface area (Å²) in [5.41, 5.74) is 2.66. The van der Waals surface area contributed by atoms with Crippen LogP contribution in [0.4, 0.5) is 5.69 Å². The van der Waals surface area contributed by atoms with Crippen molar-refractivity contribution in [2.24, 2.45) is 5.92 Å². The number of halogens is 1. The van der Waals surface area contributed by atoms with Crippen LogP contribution in [-0.2, 0) is 6.54 Å². The van der Waals surface area contributed by atoms with E-state index in [1.54, 1.807) is 0 Å². The normalized spacial score (nSPS) is 19.0. The van der Waals surface area contributed by atoms with Crippen LogP contribution in [0.5, 0.6) is 0 Å². The second-order valence-electron chi connectivity index (χ2n) is 5.75. The molecule has 0 atom stereocenters. The first-order chi connectivity index (χ1) is 8.72. The average Bonchev–Trinajstić information content (AvgIpc) is 3.21. The molecule has 0 amide bonds. The molecule has 2 aliphatic rings. The lowest BCUT2D eigenvalue weighted by molar-refractivity contribution is 0.683. The van der Waals surface area contributed by atoms with E-state index in [-0.39, 0.29) is 0 Å². The third-order valence-electron chi connectivity index (χ3n) is 3.84. The summed E-state index contributed by atoms with van der Waals surface area (Å²) in [6.45, 7) is 2.12. The van der Waals surface area contributed by atoms with Crippen LogP contribution in [-0.4, -0.2) is 19.6 Å². The minimum atomic E-state index is 0.741. The van der Waals surface area contributed by atoms with E-state index >= 15 is 0 Å². The van der Waals surface area contributed by atoms with Crippen LogP contribution in [0.25, 0.3) is 0 Å². The van der Waals surface area contributed by atoms with Gasteiger partial charge in [0, 0.05) is 36.9 Å². The van der Waals surface area contributed by atoms with E-state index < -0.39 is 0 Å². The molecule has 2 nitrogen and oxygen atoms in total. The lowest BCUT2D eigenvalue weighted by atomic mass is 10.1. The van der Waals surface area contributed by atoms with E-state index in [1.807, 2.05) is 6.07 Å². The van der Waals surface area contributed by atoms with E-state index in [0.29, 0.717) is 0 Å². The Hall–Kier alpha value is -0.730. The van der Waals surface area contributed by atoms with E-state index in [9.17, 15) is 0 Å². The monoisotopic (exact) mass is 264 g/mol. The van der Waals surface area contributed by atoms with Crippen molar-refractivity contribution in [1.29, 1.82) is 0 Å². The molecule has 0 radical (unpaired) electrons. The van der Waals surface area contributed by atoms with Gasteiger partial charge in [-0.3, -0.25) is 0 Å². The van der Waals surface area contributed by atoms with Crippen LogP contribution in [0.3, 0.4) is 0 Å². The molecular formula is C15H21ClN2. The Labute approximate surface area is 114 Å². The maximum absolute atomic E-state index is 6.12. The molecule has 1 aromatic rings. The van der Waals surface area contributed by atoms with Gasteiger partial charge in [-0.1, -0.05) is 11.6 Å².